The first-order chi connectivity index (χ1) is 11.2. The lowest BCUT2D eigenvalue weighted by molar-refractivity contribution is 0.0565. The molecule has 1 aromatic rings. The second-order valence-electron chi connectivity index (χ2n) is 7.66. The molecule has 1 amide bonds. The van der Waals surface area contributed by atoms with Crippen molar-refractivity contribution in [2.24, 2.45) is 0 Å². The van der Waals surface area contributed by atoms with Crippen LogP contribution < -0.4 is 4.90 Å². The molecule has 0 aromatic carbocycles. The summed E-state index contributed by atoms with van der Waals surface area (Å²) in [7, 11) is 2.13. The average molecular weight is 333 g/mol. The fraction of sp³-hybridized carbons (Fsp3) is 0.684. The average Bonchev–Trinajstić information content (AvgIpc) is 2.92. The van der Waals surface area contributed by atoms with Crippen LogP contribution in [-0.2, 0) is 4.74 Å². The molecule has 5 heteroatoms. The minimum atomic E-state index is -0.526. The zero-order valence-electron chi connectivity index (χ0n) is 15.9. The van der Waals surface area contributed by atoms with E-state index in [1.165, 1.54) is 6.42 Å². The van der Waals surface area contributed by atoms with Crippen LogP contribution in [0.1, 0.15) is 65.5 Å². The zero-order chi connectivity index (χ0) is 17.9. The number of amides is 1. The number of hydrogen-bond donors (Lipinski definition) is 0. The van der Waals surface area contributed by atoms with E-state index in [1.54, 1.807) is 11.1 Å². The first-order valence-corrected chi connectivity index (χ1v) is 8.92. The first-order valence-electron chi connectivity index (χ1n) is 8.92. The number of nitrogens with zero attached hydrogens (tertiary/aromatic N) is 3. The monoisotopic (exact) mass is 333 g/mol. The zero-order valence-corrected chi connectivity index (χ0v) is 15.9. The number of pyridine rings is 1. The summed E-state index contributed by atoms with van der Waals surface area (Å²) in [6.45, 7) is 10.9. The van der Waals surface area contributed by atoms with Crippen LogP contribution in [0.4, 0.5) is 10.6 Å². The molecule has 1 fully saturated rings. The van der Waals surface area contributed by atoms with E-state index in [-0.39, 0.29) is 12.1 Å². The minimum Gasteiger partial charge on any atom is -0.443 e. The standard InChI is InChI=1S/C19H31N3O2/c1-7-14(2)22(18(23)24-19(3,4)5)17-15(10-8-12-20-17)16-11-9-13-21(16)6/h8,10,12,14,16H,7,9,11,13H2,1-6H3/t14-,16-/m0/s1. The largest absolute Gasteiger partial charge is 0.443 e. The van der Waals surface area contributed by atoms with E-state index in [1.807, 2.05) is 33.8 Å². The van der Waals surface area contributed by atoms with E-state index in [2.05, 4.69) is 29.9 Å². The molecule has 1 aliphatic heterocycles. The van der Waals surface area contributed by atoms with Crippen molar-refractivity contribution in [3.05, 3.63) is 23.9 Å². The maximum atomic E-state index is 12.9. The van der Waals surface area contributed by atoms with Gasteiger partial charge in [0.15, 0.2) is 0 Å². The Bertz CT molecular complexity index is 568. The van der Waals surface area contributed by atoms with Crippen molar-refractivity contribution in [3.63, 3.8) is 0 Å². The van der Waals surface area contributed by atoms with E-state index >= 15 is 0 Å². The fourth-order valence-electron chi connectivity index (χ4n) is 3.14. The van der Waals surface area contributed by atoms with E-state index in [9.17, 15) is 4.79 Å². The number of likely N-dealkylation sites (tertiary alicyclic amines) is 1. The SMILES string of the molecule is CC[C@H](C)N(C(=O)OC(C)(C)C)c1ncccc1[C@@H]1CCCN1C. The van der Waals surface area contributed by atoms with E-state index in [4.69, 9.17) is 4.74 Å². The number of carbonyl (C=O) groups is 1. The Balaban J connectivity index is 2.41. The van der Waals surface area contributed by atoms with Crippen molar-refractivity contribution in [2.75, 3.05) is 18.5 Å². The van der Waals surface area contributed by atoms with Crippen molar-refractivity contribution in [2.45, 2.75) is 71.6 Å². The van der Waals surface area contributed by atoms with Crippen LogP contribution in [0.3, 0.4) is 0 Å². The highest BCUT2D eigenvalue weighted by Crippen LogP contribution is 2.36. The second kappa shape index (κ2) is 7.51. The van der Waals surface area contributed by atoms with Crippen LogP contribution >= 0.6 is 0 Å². The van der Waals surface area contributed by atoms with Crippen molar-refractivity contribution in [3.8, 4) is 0 Å². The van der Waals surface area contributed by atoms with Crippen LogP contribution in [0.25, 0.3) is 0 Å². The van der Waals surface area contributed by atoms with Gasteiger partial charge in [0, 0.05) is 23.8 Å². The highest BCUT2D eigenvalue weighted by molar-refractivity contribution is 5.88. The Kier molecular flexibility index (Phi) is 5.86. The normalized spacial score (nSPS) is 20.0. The maximum absolute atomic E-state index is 12.9. The summed E-state index contributed by atoms with van der Waals surface area (Å²) in [5.74, 6) is 0.736. The highest BCUT2D eigenvalue weighted by atomic mass is 16.6. The van der Waals surface area contributed by atoms with Gasteiger partial charge in [-0.2, -0.15) is 0 Å². The molecule has 1 aromatic heterocycles. The third-order valence-corrected chi connectivity index (χ3v) is 4.55. The summed E-state index contributed by atoms with van der Waals surface area (Å²) < 4.78 is 5.66. The molecule has 134 valence electrons. The van der Waals surface area contributed by atoms with Crippen LogP contribution in [0.15, 0.2) is 18.3 Å². The lowest BCUT2D eigenvalue weighted by atomic mass is 10.0. The molecule has 2 atom stereocenters. The molecule has 5 nitrogen and oxygen atoms in total. The molecule has 0 aliphatic carbocycles. The lowest BCUT2D eigenvalue weighted by Crippen LogP contribution is -2.43. The summed E-state index contributed by atoms with van der Waals surface area (Å²) in [6, 6.07) is 4.38. The number of rotatable bonds is 4. The first kappa shape index (κ1) is 18.7. The molecule has 0 saturated carbocycles. The summed E-state index contributed by atoms with van der Waals surface area (Å²) in [6.07, 6.45) is 4.55. The molecule has 0 N–H and O–H groups in total. The van der Waals surface area contributed by atoms with Gasteiger partial charge in [-0.1, -0.05) is 13.0 Å². The molecule has 0 bridgehead atoms. The van der Waals surface area contributed by atoms with Crippen LogP contribution in [0.5, 0.6) is 0 Å². The van der Waals surface area contributed by atoms with Gasteiger partial charge < -0.3 is 4.74 Å². The van der Waals surface area contributed by atoms with Gasteiger partial charge in [0.25, 0.3) is 0 Å². The second-order valence-corrected chi connectivity index (χ2v) is 7.66. The van der Waals surface area contributed by atoms with Gasteiger partial charge >= 0.3 is 6.09 Å². The van der Waals surface area contributed by atoms with Crippen LogP contribution in [-0.4, -0.2) is 41.2 Å². The molecule has 0 spiro atoms. The molecule has 1 aliphatic rings. The summed E-state index contributed by atoms with van der Waals surface area (Å²) in [4.78, 5) is 21.5. The predicted molar refractivity (Wildman–Crippen MR) is 97.3 cm³/mol. The van der Waals surface area contributed by atoms with Gasteiger partial charge in [0.2, 0.25) is 0 Å². The van der Waals surface area contributed by atoms with Crippen molar-refractivity contribution < 1.29 is 9.53 Å². The Labute approximate surface area is 146 Å². The fourth-order valence-corrected chi connectivity index (χ4v) is 3.14. The van der Waals surface area contributed by atoms with E-state index in [0.717, 1.165) is 30.8 Å². The summed E-state index contributed by atoms with van der Waals surface area (Å²) >= 11 is 0. The number of anilines is 1. The Hall–Kier alpha value is -1.62. The third-order valence-electron chi connectivity index (χ3n) is 4.55. The molecular weight excluding hydrogens is 302 g/mol. The predicted octanol–water partition coefficient (Wildman–Crippen LogP) is 4.39. The Morgan fingerprint density at radius 1 is 1.50 bits per heavy atom. The lowest BCUT2D eigenvalue weighted by Gasteiger charge is -2.33. The van der Waals surface area contributed by atoms with Crippen LogP contribution in [0.2, 0.25) is 0 Å². The quantitative estimate of drug-likeness (QED) is 0.820. The number of ether oxygens (including phenoxy) is 1. The Morgan fingerprint density at radius 2 is 2.21 bits per heavy atom. The number of hydrogen-bond acceptors (Lipinski definition) is 4. The Morgan fingerprint density at radius 3 is 2.75 bits per heavy atom. The third kappa shape index (κ3) is 4.26. The van der Waals surface area contributed by atoms with Crippen LogP contribution in [0, 0.1) is 0 Å². The number of carbonyl (C=O) groups excluding carboxylic acids is 1. The van der Waals surface area contributed by atoms with Crippen molar-refractivity contribution >= 4 is 11.9 Å². The molecule has 2 heterocycles. The molecule has 24 heavy (non-hydrogen) atoms. The van der Waals surface area contributed by atoms with Crippen molar-refractivity contribution in [1.82, 2.24) is 9.88 Å². The minimum absolute atomic E-state index is 0.0280. The van der Waals surface area contributed by atoms with Gasteiger partial charge in [-0.25, -0.2) is 9.78 Å². The number of aromatic nitrogens is 1. The van der Waals surface area contributed by atoms with Gasteiger partial charge in [-0.3, -0.25) is 9.80 Å². The van der Waals surface area contributed by atoms with Gasteiger partial charge in [0.05, 0.1) is 0 Å². The van der Waals surface area contributed by atoms with E-state index in [0.29, 0.717) is 6.04 Å². The molecule has 1 saturated heterocycles. The van der Waals surface area contributed by atoms with Gasteiger partial charge in [-0.15, -0.1) is 0 Å². The summed E-state index contributed by atoms with van der Waals surface area (Å²) in [5, 5.41) is 0. The molecule has 0 unspecified atom stereocenters. The smallest absolute Gasteiger partial charge is 0.416 e. The molecular formula is C19H31N3O2. The molecule has 2 rings (SSSR count). The topological polar surface area (TPSA) is 45.7 Å². The van der Waals surface area contributed by atoms with E-state index < -0.39 is 5.60 Å². The summed E-state index contributed by atoms with van der Waals surface area (Å²) in [5.41, 5.74) is 0.589. The highest BCUT2D eigenvalue weighted by Gasteiger charge is 2.33. The van der Waals surface area contributed by atoms with Gasteiger partial charge in [0.1, 0.15) is 11.4 Å². The van der Waals surface area contributed by atoms with Gasteiger partial charge in [-0.05, 0) is 66.6 Å². The van der Waals surface area contributed by atoms with Crippen molar-refractivity contribution in [1.29, 1.82) is 0 Å². The maximum Gasteiger partial charge on any atom is 0.416 e. The molecule has 0 radical (unpaired) electrons.